The number of esters is 1. The van der Waals surface area contributed by atoms with Crippen molar-refractivity contribution in [3.05, 3.63) is 58.2 Å². The largest absolute Gasteiger partial charge is 0.458 e. The zero-order chi connectivity index (χ0) is 21.6. The van der Waals surface area contributed by atoms with Gasteiger partial charge in [0.1, 0.15) is 6.61 Å². The summed E-state index contributed by atoms with van der Waals surface area (Å²) < 4.78 is 4.81. The van der Waals surface area contributed by atoms with Crippen LogP contribution in [0.2, 0.25) is 0 Å². The fourth-order valence-electron chi connectivity index (χ4n) is 3.10. The van der Waals surface area contributed by atoms with Crippen molar-refractivity contribution < 1.29 is 19.7 Å². The van der Waals surface area contributed by atoms with Crippen molar-refractivity contribution in [2.75, 3.05) is 13.2 Å². The maximum Gasteiger partial charge on any atom is 0.331 e. The number of hydrogen-bond acceptors (Lipinski definition) is 4. The first kappa shape index (κ1) is 25.1. The van der Waals surface area contributed by atoms with Crippen LogP contribution in [-0.4, -0.2) is 35.5 Å². The van der Waals surface area contributed by atoms with Gasteiger partial charge in [-0.05, 0) is 78.2 Å². The second-order valence-electron chi connectivity index (χ2n) is 8.10. The molecule has 1 aliphatic heterocycles. The molecule has 0 aliphatic carbocycles. The molecule has 4 nitrogen and oxygen atoms in total. The summed E-state index contributed by atoms with van der Waals surface area (Å²) in [6, 6.07) is 0. The van der Waals surface area contributed by atoms with Gasteiger partial charge in [-0.25, -0.2) is 4.79 Å². The van der Waals surface area contributed by atoms with Crippen LogP contribution in [0.4, 0.5) is 0 Å². The van der Waals surface area contributed by atoms with E-state index in [-0.39, 0.29) is 13.2 Å². The van der Waals surface area contributed by atoms with Gasteiger partial charge in [0.2, 0.25) is 0 Å². The molecule has 0 radical (unpaired) electrons. The summed E-state index contributed by atoms with van der Waals surface area (Å²) in [6.45, 7) is 8.78. The molecule has 0 bridgehead atoms. The van der Waals surface area contributed by atoms with E-state index in [0.717, 1.165) is 44.1 Å². The average Bonchev–Trinajstić information content (AvgIpc) is 3.10. The van der Waals surface area contributed by atoms with E-state index in [1.165, 1.54) is 22.8 Å². The standard InChI is InChI=1S/C25H38O4/c1-19(2)8-5-9-20(3)10-6-11-21(4)12-7-13-22(17-26)14-15-24(27)23-16-25(28)29-18-23/h8,10,12,14,16,24,26-27H,5-7,9,11,13,15,17-18H2,1-4H3/b20-10+,21-12+,22-14+/t24-/m1/s1. The van der Waals surface area contributed by atoms with Crippen molar-refractivity contribution in [2.45, 2.75) is 78.7 Å². The van der Waals surface area contributed by atoms with Crippen LogP contribution in [0, 0.1) is 0 Å². The van der Waals surface area contributed by atoms with Gasteiger partial charge in [-0.1, -0.05) is 41.0 Å². The second kappa shape index (κ2) is 14.1. The summed E-state index contributed by atoms with van der Waals surface area (Å²) in [5.41, 5.74) is 5.70. The topological polar surface area (TPSA) is 66.8 Å². The van der Waals surface area contributed by atoms with Gasteiger partial charge in [-0.15, -0.1) is 0 Å². The Labute approximate surface area is 176 Å². The summed E-state index contributed by atoms with van der Waals surface area (Å²) in [4.78, 5) is 11.1. The van der Waals surface area contributed by atoms with E-state index >= 15 is 0 Å². The quantitative estimate of drug-likeness (QED) is 0.322. The van der Waals surface area contributed by atoms with E-state index in [1.807, 2.05) is 6.08 Å². The molecule has 1 atom stereocenters. The number of rotatable bonds is 13. The van der Waals surface area contributed by atoms with Crippen molar-refractivity contribution in [3.63, 3.8) is 0 Å². The summed E-state index contributed by atoms with van der Waals surface area (Å²) in [7, 11) is 0. The Morgan fingerprint density at radius 1 is 1.00 bits per heavy atom. The van der Waals surface area contributed by atoms with Gasteiger partial charge in [-0.3, -0.25) is 0 Å². The molecule has 0 aromatic heterocycles. The fraction of sp³-hybridized carbons (Fsp3) is 0.560. The average molecular weight is 403 g/mol. The van der Waals surface area contributed by atoms with Gasteiger partial charge in [-0.2, -0.15) is 0 Å². The molecule has 162 valence electrons. The fourth-order valence-corrected chi connectivity index (χ4v) is 3.10. The van der Waals surface area contributed by atoms with Crippen LogP contribution < -0.4 is 0 Å². The van der Waals surface area contributed by atoms with Gasteiger partial charge in [0.15, 0.2) is 0 Å². The minimum Gasteiger partial charge on any atom is -0.458 e. The first-order valence-corrected chi connectivity index (χ1v) is 10.6. The number of aliphatic hydroxyl groups excluding tert-OH is 2. The van der Waals surface area contributed by atoms with E-state index in [4.69, 9.17) is 4.74 Å². The molecule has 0 aromatic carbocycles. The first-order chi connectivity index (χ1) is 13.8. The lowest BCUT2D eigenvalue weighted by molar-refractivity contribution is -0.135. The SMILES string of the molecule is CC(C)=CCC/C(C)=C/CC/C(C)=C/CC/C(=C\C[C@@H](O)C1=CC(=O)OC1)CO. The van der Waals surface area contributed by atoms with Crippen molar-refractivity contribution in [1.82, 2.24) is 0 Å². The van der Waals surface area contributed by atoms with Crippen molar-refractivity contribution in [2.24, 2.45) is 0 Å². The molecule has 0 fully saturated rings. The maximum absolute atomic E-state index is 11.1. The van der Waals surface area contributed by atoms with Gasteiger partial charge >= 0.3 is 5.97 Å². The van der Waals surface area contributed by atoms with Gasteiger partial charge in [0.05, 0.1) is 12.7 Å². The Bertz CT molecular complexity index is 673. The minimum atomic E-state index is -0.730. The molecule has 0 aromatic rings. The third kappa shape index (κ3) is 11.6. The molecule has 0 spiro atoms. The summed E-state index contributed by atoms with van der Waals surface area (Å²) in [5, 5.41) is 19.6. The van der Waals surface area contributed by atoms with Crippen molar-refractivity contribution in [1.29, 1.82) is 0 Å². The predicted molar refractivity (Wildman–Crippen MR) is 119 cm³/mol. The van der Waals surface area contributed by atoms with E-state index < -0.39 is 12.1 Å². The highest BCUT2D eigenvalue weighted by atomic mass is 16.5. The van der Waals surface area contributed by atoms with Gasteiger partial charge in [0.25, 0.3) is 0 Å². The third-order valence-electron chi connectivity index (χ3n) is 5.03. The maximum atomic E-state index is 11.1. The summed E-state index contributed by atoms with van der Waals surface area (Å²) in [6.07, 6.45) is 15.7. The summed E-state index contributed by atoms with van der Waals surface area (Å²) >= 11 is 0. The monoisotopic (exact) mass is 402 g/mol. The van der Waals surface area contributed by atoms with E-state index in [2.05, 4.69) is 45.9 Å². The Morgan fingerprint density at radius 3 is 2.10 bits per heavy atom. The highest BCUT2D eigenvalue weighted by molar-refractivity contribution is 5.85. The van der Waals surface area contributed by atoms with Gasteiger partial charge in [0, 0.05) is 11.6 Å². The Hall–Kier alpha value is -1.91. The Kier molecular flexibility index (Phi) is 12.2. The van der Waals surface area contributed by atoms with Crippen LogP contribution in [0.5, 0.6) is 0 Å². The van der Waals surface area contributed by atoms with Crippen LogP contribution in [-0.2, 0) is 9.53 Å². The first-order valence-electron chi connectivity index (χ1n) is 10.6. The Balaban J connectivity index is 2.34. The van der Waals surface area contributed by atoms with E-state index in [1.54, 1.807) is 0 Å². The zero-order valence-electron chi connectivity index (χ0n) is 18.5. The van der Waals surface area contributed by atoms with E-state index in [9.17, 15) is 15.0 Å². The molecule has 29 heavy (non-hydrogen) atoms. The summed E-state index contributed by atoms with van der Waals surface area (Å²) in [5.74, 6) is -0.399. The van der Waals surface area contributed by atoms with E-state index in [0.29, 0.717) is 12.0 Å². The van der Waals surface area contributed by atoms with Crippen LogP contribution in [0.15, 0.2) is 58.2 Å². The Morgan fingerprint density at radius 2 is 1.59 bits per heavy atom. The van der Waals surface area contributed by atoms with Crippen molar-refractivity contribution >= 4 is 5.97 Å². The molecule has 2 N–H and O–H groups in total. The molecule has 1 rings (SSSR count). The highest BCUT2D eigenvalue weighted by Crippen LogP contribution is 2.17. The number of aliphatic hydroxyl groups is 2. The second-order valence-corrected chi connectivity index (χ2v) is 8.10. The molecule has 0 saturated heterocycles. The zero-order valence-corrected chi connectivity index (χ0v) is 18.5. The molecule has 0 unspecified atom stereocenters. The number of hydrogen-bond donors (Lipinski definition) is 2. The predicted octanol–water partition coefficient (Wildman–Crippen LogP) is 5.34. The third-order valence-corrected chi connectivity index (χ3v) is 5.03. The molecule has 1 heterocycles. The molecular weight excluding hydrogens is 364 g/mol. The number of carbonyl (C=O) groups excluding carboxylic acids is 1. The highest BCUT2D eigenvalue weighted by Gasteiger charge is 2.19. The number of ether oxygens (including phenoxy) is 1. The van der Waals surface area contributed by atoms with Crippen LogP contribution in [0.25, 0.3) is 0 Å². The number of carbonyl (C=O) groups is 1. The van der Waals surface area contributed by atoms with Crippen LogP contribution >= 0.6 is 0 Å². The van der Waals surface area contributed by atoms with Crippen molar-refractivity contribution in [3.8, 4) is 0 Å². The lowest BCUT2D eigenvalue weighted by atomic mass is 10.0. The molecule has 1 aliphatic rings. The lowest BCUT2D eigenvalue weighted by Gasteiger charge is -2.09. The molecule has 0 saturated carbocycles. The molecule has 4 heteroatoms. The number of allylic oxidation sites excluding steroid dienone is 6. The van der Waals surface area contributed by atoms with Gasteiger partial charge < -0.3 is 14.9 Å². The normalized spacial score (nSPS) is 16.6. The smallest absolute Gasteiger partial charge is 0.331 e. The lowest BCUT2D eigenvalue weighted by Crippen LogP contribution is -2.11. The molecule has 0 amide bonds. The molecular formula is C25H38O4. The van der Waals surface area contributed by atoms with Crippen LogP contribution in [0.1, 0.15) is 72.6 Å². The van der Waals surface area contributed by atoms with Crippen LogP contribution in [0.3, 0.4) is 0 Å². The number of cyclic esters (lactones) is 1. The minimum absolute atomic E-state index is 0.0122.